The van der Waals surface area contributed by atoms with Gasteiger partial charge < -0.3 is 15.1 Å². The second-order valence-electron chi connectivity index (χ2n) is 15.7. The van der Waals surface area contributed by atoms with Crippen LogP contribution >= 0.6 is 0 Å². The zero-order chi connectivity index (χ0) is 36.1. The van der Waals surface area contributed by atoms with E-state index in [0.717, 1.165) is 47.1 Å². The lowest BCUT2D eigenvalue weighted by molar-refractivity contribution is -0.142. The first-order valence-electron chi connectivity index (χ1n) is 18.3. The second kappa shape index (κ2) is 13.4. The number of sulfonamides is 1. The van der Waals surface area contributed by atoms with Crippen LogP contribution in [-0.2, 0) is 29.2 Å². The fourth-order valence-electron chi connectivity index (χ4n) is 8.15. The molecule has 3 amide bonds. The summed E-state index contributed by atoms with van der Waals surface area (Å²) in [6.45, 7) is 11.1. The zero-order valence-electron chi connectivity index (χ0n) is 29.7. The van der Waals surface area contributed by atoms with E-state index in [1.807, 2.05) is 30.0 Å². The van der Waals surface area contributed by atoms with Crippen molar-refractivity contribution in [1.29, 1.82) is 0 Å². The predicted molar refractivity (Wildman–Crippen MR) is 197 cm³/mol. The smallest absolute Gasteiger partial charge is 0.259 e. The van der Waals surface area contributed by atoms with Crippen LogP contribution in [0.5, 0.6) is 0 Å². The van der Waals surface area contributed by atoms with Gasteiger partial charge in [0.2, 0.25) is 21.8 Å². The molecule has 7 rings (SSSR count). The summed E-state index contributed by atoms with van der Waals surface area (Å²) in [7, 11) is -3.83. The molecule has 5 atom stereocenters. The molecule has 2 N–H and O–H groups in total. The Morgan fingerprint density at radius 1 is 1.08 bits per heavy atom. The van der Waals surface area contributed by atoms with Gasteiger partial charge in [-0.05, 0) is 86.5 Å². The number of hydrogen-bond acceptors (Lipinski definition) is 7. The van der Waals surface area contributed by atoms with Gasteiger partial charge in [-0.25, -0.2) is 8.42 Å². The standard InChI is InChI=1S/C40H48N4O6S/c1-5-26-23-40(26,38(47)43-51(48,49)28-16-17-28)41-36(45)33-21-27-22-34(33)37(46)44(6-2)24-39(3,4)19-11-7-8-12-25-15-18-30-29-13-9-10-14-31(29)35(42-50-27)32(30)20-25/h5,8-10,12-15,18,20,26-28,33-34H,1,6-7,11,16-17,19,21-24H2,2-4H3,(H,41,45)(H,43,47)/b12-8+,42-35-/t26-,27-,33-,34-,40-/m1/s1. The molecule has 4 aliphatic carbocycles. The zero-order valence-corrected chi connectivity index (χ0v) is 30.5. The SMILES string of the molecule is C=C[C@@H]1C[C@]1(NC(=O)[C@@H]1C[C@@H]2C[C@H]1C(=O)N(CC)CC(C)(C)CCC/C=C/c1ccc3c(c1)/C(=N\O2)c1ccccc1-3)C(=O)NS(=O)(=O)C1CC1. The van der Waals surface area contributed by atoms with Crippen LogP contribution in [0, 0.1) is 23.2 Å². The number of carbonyl (C=O) groups excluding carboxylic acids is 3. The summed E-state index contributed by atoms with van der Waals surface area (Å²) in [6.07, 6.45) is 9.91. The van der Waals surface area contributed by atoms with E-state index >= 15 is 0 Å². The molecule has 51 heavy (non-hydrogen) atoms. The summed E-state index contributed by atoms with van der Waals surface area (Å²) in [5.74, 6) is -3.30. The number of amides is 3. The Labute approximate surface area is 300 Å². The monoisotopic (exact) mass is 712 g/mol. The first-order valence-corrected chi connectivity index (χ1v) is 19.8. The molecule has 0 radical (unpaired) electrons. The maximum atomic E-state index is 14.4. The molecule has 1 aliphatic heterocycles. The maximum Gasteiger partial charge on any atom is 0.259 e. The average Bonchev–Trinajstić information content (AvgIpc) is 4.01. The summed E-state index contributed by atoms with van der Waals surface area (Å²) < 4.78 is 27.6. The minimum atomic E-state index is -3.83. The summed E-state index contributed by atoms with van der Waals surface area (Å²) in [5, 5.41) is 7.05. The van der Waals surface area contributed by atoms with E-state index in [1.165, 1.54) is 0 Å². The molecule has 10 nitrogen and oxygen atoms in total. The quantitative estimate of drug-likeness (QED) is 0.308. The van der Waals surface area contributed by atoms with Gasteiger partial charge in [0, 0.05) is 30.1 Å². The van der Waals surface area contributed by atoms with Crippen molar-refractivity contribution in [2.45, 2.75) is 89.0 Å². The van der Waals surface area contributed by atoms with Crippen molar-refractivity contribution in [3.63, 3.8) is 0 Å². The summed E-state index contributed by atoms with van der Waals surface area (Å²) in [5.41, 5.74) is 4.27. The van der Waals surface area contributed by atoms with Crippen LogP contribution in [-0.4, -0.2) is 66.7 Å². The van der Waals surface area contributed by atoms with Crippen LogP contribution in [0.2, 0.25) is 0 Å². The van der Waals surface area contributed by atoms with E-state index in [4.69, 9.17) is 9.99 Å². The van der Waals surface area contributed by atoms with E-state index in [2.05, 4.69) is 66.9 Å². The number of nitrogens with one attached hydrogen (secondary N) is 2. The van der Waals surface area contributed by atoms with Gasteiger partial charge in [-0.3, -0.25) is 19.1 Å². The lowest BCUT2D eigenvalue weighted by Crippen LogP contribution is -2.54. The van der Waals surface area contributed by atoms with Crippen molar-refractivity contribution >= 4 is 39.5 Å². The van der Waals surface area contributed by atoms with Crippen LogP contribution in [0.3, 0.4) is 0 Å². The van der Waals surface area contributed by atoms with Crippen molar-refractivity contribution in [1.82, 2.24) is 14.9 Å². The Balaban J connectivity index is 1.21. The highest BCUT2D eigenvalue weighted by Crippen LogP contribution is 2.47. The number of benzene rings is 2. The minimum absolute atomic E-state index is 0.127. The molecule has 2 aromatic rings. The first kappa shape index (κ1) is 35.2. The van der Waals surface area contributed by atoms with Crippen LogP contribution in [0.1, 0.15) is 88.8 Å². The number of nitrogens with zero attached hydrogens (tertiary/aromatic N) is 2. The fraction of sp³-hybridized carbons (Fsp3) is 0.500. The van der Waals surface area contributed by atoms with Crippen molar-refractivity contribution in [3.8, 4) is 11.1 Å². The minimum Gasteiger partial charge on any atom is -0.392 e. The highest BCUT2D eigenvalue weighted by molar-refractivity contribution is 7.91. The number of allylic oxidation sites excluding steroid dienone is 1. The van der Waals surface area contributed by atoms with E-state index in [1.54, 1.807) is 6.08 Å². The molecule has 0 spiro atoms. The van der Waals surface area contributed by atoms with E-state index in [0.29, 0.717) is 31.6 Å². The van der Waals surface area contributed by atoms with Crippen LogP contribution in [0.15, 0.2) is 66.4 Å². The number of rotatable bonds is 7. The predicted octanol–water partition coefficient (Wildman–Crippen LogP) is 5.57. The van der Waals surface area contributed by atoms with Gasteiger partial charge >= 0.3 is 0 Å². The molecule has 2 aromatic carbocycles. The lowest BCUT2D eigenvalue weighted by Gasteiger charge is -2.34. The molecular formula is C40H48N4O6S. The number of carbonyl (C=O) groups is 3. The van der Waals surface area contributed by atoms with E-state index in [-0.39, 0.29) is 30.6 Å². The molecule has 4 bridgehead atoms. The Bertz CT molecular complexity index is 1930. The van der Waals surface area contributed by atoms with Gasteiger partial charge in [0.1, 0.15) is 17.4 Å². The Morgan fingerprint density at radius 2 is 1.82 bits per heavy atom. The third-order valence-electron chi connectivity index (χ3n) is 11.3. The van der Waals surface area contributed by atoms with Crippen molar-refractivity contribution in [2.24, 2.45) is 28.3 Å². The Kier molecular flexibility index (Phi) is 9.23. The van der Waals surface area contributed by atoms with Crippen LogP contribution < -0.4 is 10.0 Å². The van der Waals surface area contributed by atoms with Gasteiger partial charge in [0.15, 0.2) is 0 Å². The van der Waals surface area contributed by atoms with Gasteiger partial charge in [0.05, 0.1) is 17.1 Å². The molecule has 1 heterocycles. The van der Waals surface area contributed by atoms with Gasteiger partial charge in [-0.15, -0.1) is 6.58 Å². The Hall–Kier alpha value is -4.25. The summed E-state index contributed by atoms with van der Waals surface area (Å²) in [6, 6.07) is 14.5. The van der Waals surface area contributed by atoms with Crippen LogP contribution in [0.25, 0.3) is 17.2 Å². The van der Waals surface area contributed by atoms with Crippen LogP contribution in [0.4, 0.5) is 0 Å². The highest BCUT2D eigenvalue weighted by Gasteiger charge is 2.62. The molecule has 3 fully saturated rings. The lowest BCUT2D eigenvalue weighted by atomic mass is 9.85. The summed E-state index contributed by atoms with van der Waals surface area (Å²) >= 11 is 0. The molecule has 5 aliphatic rings. The fourth-order valence-corrected chi connectivity index (χ4v) is 9.52. The van der Waals surface area contributed by atoms with Gasteiger partial charge in [-0.2, -0.15) is 0 Å². The van der Waals surface area contributed by atoms with Gasteiger partial charge in [0.25, 0.3) is 5.91 Å². The van der Waals surface area contributed by atoms with Crippen molar-refractivity contribution in [2.75, 3.05) is 13.1 Å². The topological polar surface area (TPSA) is 134 Å². The Morgan fingerprint density at radius 3 is 2.53 bits per heavy atom. The maximum absolute atomic E-state index is 14.4. The number of oxime groups is 1. The molecule has 11 heteroatoms. The van der Waals surface area contributed by atoms with Gasteiger partial charge in [-0.1, -0.05) is 73.6 Å². The molecule has 270 valence electrons. The van der Waals surface area contributed by atoms with E-state index in [9.17, 15) is 22.8 Å². The number of hydrogen-bond donors (Lipinski definition) is 2. The molecule has 0 unspecified atom stereocenters. The molecular weight excluding hydrogens is 665 g/mol. The second-order valence-corrected chi connectivity index (χ2v) is 17.7. The van der Waals surface area contributed by atoms with Crippen molar-refractivity contribution < 1.29 is 27.6 Å². The van der Waals surface area contributed by atoms with Crippen molar-refractivity contribution in [3.05, 3.63) is 77.9 Å². The molecule has 0 saturated heterocycles. The molecule has 3 saturated carbocycles. The first-order chi connectivity index (χ1) is 24.4. The van der Waals surface area contributed by atoms with E-state index < -0.39 is 56.5 Å². The third kappa shape index (κ3) is 6.89. The summed E-state index contributed by atoms with van der Waals surface area (Å²) in [4.78, 5) is 50.3. The third-order valence-corrected chi connectivity index (χ3v) is 13.2. The molecule has 0 aromatic heterocycles. The normalized spacial score (nSPS) is 30.1. The highest BCUT2D eigenvalue weighted by atomic mass is 32.2. The number of fused-ring (bicyclic) bond motifs is 6. The average molecular weight is 713 g/mol. The largest absolute Gasteiger partial charge is 0.392 e.